The fourth-order valence-corrected chi connectivity index (χ4v) is 3.29. The van der Waals surface area contributed by atoms with Gasteiger partial charge in [0, 0.05) is 18.1 Å². The molecule has 0 saturated heterocycles. The lowest BCUT2D eigenvalue weighted by atomic mass is 9.90. The quantitative estimate of drug-likeness (QED) is 0.413. The number of rotatable bonds is 10. The van der Waals surface area contributed by atoms with Crippen molar-refractivity contribution in [3.8, 4) is 5.75 Å². The first-order valence-electron chi connectivity index (χ1n) is 10.4. The molecule has 6 heteroatoms. The highest BCUT2D eigenvalue weighted by Gasteiger charge is 2.44. The standard InChI is InChI=1S/C25H27NO5/c1-3-4-16-25(17-8-11-22(27)30-18-19-9-6-5-7-10-19)24(28)31-23(26-25)20-12-14-21(29-2)15-13-20/h5-15H,3-4,16-18H2,1-2H3/b11-8+/t25-/m1/s1. The topological polar surface area (TPSA) is 74.2 Å². The Morgan fingerprint density at radius 2 is 1.87 bits per heavy atom. The van der Waals surface area contributed by atoms with Crippen LogP contribution in [0, 0.1) is 0 Å². The second kappa shape index (κ2) is 10.6. The van der Waals surface area contributed by atoms with Crippen LogP contribution in [0.5, 0.6) is 5.75 Å². The number of esters is 2. The van der Waals surface area contributed by atoms with Gasteiger partial charge < -0.3 is 14.2 Å². The molecule has 3 rings (SSSR count). The van der Waals surface area contributed by atoms with Crippen LogP contribution in [0.2, 0.25) is 0 Å². The zero-order valence-electron chi connectivity index (χ0n) is 17.9. The van der Waals surface area contributed by atoms with Gasteiger partial charge in [-0.25, -0.2) is 14.6 Å². The minimum absolute atomic E-state index is 0.201. The minimum atomic E-state index is -1.03. The Morgan fingerprint density at radius 1 is 1.13 bits per heavy atom. The number of nitrogens with zero attached hydrogens (tertiary/aromatic N) is 1. The molecule has 1 aliphatic rings. The average Bonchev–Trinajstić information content (AvgIpc) is 3.13. The molecule has 0 bridgehead atoms. The maximum absolute atomic E-state index is 12.8. The SMILES string of the molecule is CCCC[C@]1(C/C=C/C(=O)OCc2ccccc2)N=C(c2ccc(OC)cc2)OC1=O. The molecule has 0 N–H and O–H groups in total. The molecule has 0 amide bonds. The maximum Gasteiger partial charge on any atom is 0.341 e. The van der Waals surface area contributed by atoms with Crippen molar-refractivity contribution in [3.63, 3.8) is 0 Å². The predicted octanol–water partition coefficient (Wildman–Crippen LogP) is 4.62. The van der Waals surface area contributed by atoms with Crippen molar-refractivity contribution in [2.24, 2.45) is 4.99 Å². The number of methoxy groups -OCH3 is 1. The van der Waals surface area contributed by atoms with E-state index in [0.29, 0.717) is 23.6 Å². The van der Waals surface area contributed by atoms with E-state index in [-0.39, 0.29) is 13.0 Å². The molecule has 0 aromatic heterocycles. The van der Waals surface area contributed by atoms with Gasteiger partial charge in [0.25, 0.3) is 0 Å². The van der Waals surface area contributed by atoms with Crippen LogP contribution in [0.1, 0.15) is 43.7 Å². The van der Waals surface area contributed by atoms with Gasteiger partial charge in [-0.2, -0.15) is 0 Å². The molecule has 31 heavy (non-hydrogen) atoms. The molecule has 0 saturated carbocycles. The third kappa shape index (κ3) is 5.81. The molecule has 1 aliphatic heterocycles. The van der Waals surface area contributed by atoms with E-state index in [2.05, 4.69) is 11.9 Å². The van der Waals surface area contributed by atoms with Crippen molar-refractivity contribution in [1.82, 2.24) is 0 Å². The Hall–Kier alpha value is -3.41. The molecule has 0 unspecified atom stereocenters. The van der Waals surface area contributed by atoms with E-state index in [0.717, 1.165) is 18.4 Å². The summed E-state index contributed by atoms with van der Waals surface area (Å²) in [6.07, 6.45) is 5.55. The smallest absolute Gasteiger partial charge is 0.341 e. The van der Waals surface area contributed by atoms with Gasteiger partial charge in [-0.1, -0.05) is 56.2 Å². The van der Waals surface area contributed by atoms with Crippen LogP contribution in [-0.4, -0.2) is 30.5 Å². The van der Waals surface area contributed by atoms with Crippen molar-refractivity contribution in [2.75, 3.05) is 7.11 Å². The first-order valence-corrected chi connectivity index (χ1v) is 10.4. The number of unbranched alkanes of at least 4 members (excludes halogenated alkanes) is 1. The Bertz CT molecular complexity index is 950. The van der Waals surface area contributed by atoms with E-state index < -0.39 is 17.5 Å². The van der Waals surface area contributed by atoms with Gasteiger partial charge in [-0.05, 0) is 36.2 Å². The third-order valence-corrected chi connectivity index (χ3v) is 5.10. The number of carbonyl (C=O) groups excluding carboxylic acids is 2. The number of hydrogen-bond acceptors (Lipinski definition) is 6. The predicted molar refractivity (Wildman–Crippen MR) is 118 cm³/mol. The van der Waals surface area contributed by atoms with Gasteiger partial charge in [-0.3, -0.25) is 0 Å². The molecular weight excluding hydrogens is 394 g/mol. The molecule has 6 nitrogen and oxygen atoms in total. The lowest BCUT2D eigenvalue weighted by Gasteiger charge is -2.19. The summed E-state index contributed by atoms with van der Waals surface area (Å²) in [6, 6.07) is 16.7. The summed E-state index contributed by atoms with van der Waals surface area (Å²) in [7, 11) is 1.59. The Kier molecular flexibility index (Phi) is 7.60. The summed E-state index contributed by atoms with van der Waals surface area (Å²) < 4.78 is 15.9. The number of hydrogen-bond donors (Lipinski definition) is 0. The minimum Gasteiger partial charge on any atom is -0.497 e. The Labute approximate surface area is 182 Å². The van der Waals surface area contributed by atoms with E-state index in [9.17, 15) is 9.59 Å². The van der Waals surface area contributed by atoms with E-state index in [1.165, 1.54) is 6.08 Å². The summed E-state index contributed by atoms with van der Waals surface area (Å²) in [5.41, 5.74) is 0.595. The van der Waals surface area contributed by atoms with E-state index in [1.54, 1.807) is 37.5 Å². The fraction of sp³-hybridized carbons (Fsp3) is 0.320. The highest BCUT2D eigenvalue weighted by atomic mass is 16.6. The molecule has 0 radical (unpaired) electrons. The van der Waals surface area contributed by atoms with Gasteiger partial charge >= 0.3 is 11.9 Å². The average molecular weight is 421 g/mol. The van der Waals surface area contributed by atoms with Crippen LogP contribution in [0.4, 0.5) is 0 Å². The Balaban J connectivity index is 1.69. The zero-order chi connectivity index (χ0) is 22.1. The van der Waals surface area contributed by atoms with Gasteiger partial charge in [-0.15, -0.1) is 0 Å². The largest absolute Gasteiger partial charge is 0.497 e. The van der Waals surface area contributed by atoms with E-state index >= 15 is 0 Å². The summed E-state index contributed by atoms with van der Waals surface area (Å²) in [5.74, 6) is 0.154. The summed E-state index contributed by atoms with van der Waals surface area (Å²) >= 11 is 0. The number of ether oxygens (including phenoxy) is 3. The number of carbonyl (C=O) groups is 2. The number of benzene rings is 2. The van der Waals surface area contributed by atoms with Crippen LogP contribution in [0.25, 0.3) is 0 Å². The molecule has 0 spiro atoms. The van der Waals surface area contributed by atoms with Crippen LogP contribution < -0.4 is 4.74 Å². The lowest BCUT2D eigenvalue weighted by Crippen LogP contribution is -2.33. The maximum atomic E-state index is 12.8. The molecule has 2 aromatic carbocycles. The molecule has 0 fully saturated rings. The summed E-state index contributed by atoms with van der Waals surface area (Å²) in [6.45, 7) is 2.26. The molecule has 0 aliphatic carbocycles. The molecular formula is C25H27NO5. The zero-order valence-corrected chi connectivity index (χ0v) is 17.9. The Morgan fingerprint density at radius 3 is 2.55 bits per heavy atom. The van der Waals surface area contributed by atoms with Crippen molar-refractivity contribution in [3.05, 3.63) is 77.9 Å². The van der Waals surface area contributed by atoms with Crippen LogP contribution in [0.15, 0.2) is 71.7 Å². The van der Waals surface area contributed by atoms with E-state index in [4.69, 9.17) is 14.2 Å². The van der Waals surface area contributed by atoms with Gasteiger partial charge in [0.1, 0.15) is 12.4 Å². The fourth-order valence-electron chi connectivity index (χ4n) is 3.29. The molecule has 2 aromatic rings. The van der Waals surface area contributed by atoms with Gasteiger partial charge in [0.15, 0.2) is 5.54 Å². The molecule has 1 heterocycles. The van der Waals surface area contributed by atoms with Crippen LogP contribution in [-0.2, 0) is 25.7 Å². The highest BCUT2D eigenvalue weighted by molar-refractivity contribution is 6.08. The van der Waals surface area contributed by atoms with Crippen LogP contribution in [0.3, 0.4) is 0 Å². The van der Waals surface area contributed by atoms with Crippen LogP contribution >= 0.6 is 0 Å². The van der Waals surface area contributed by atoms with Crippen molar-refractivity contribution in [2.45, 2.75) is 44.8 Å². The lowest BCUT2D eigenvalue weighted by molar-refractivity contribution is -0.140. The third-order valence-electron chi connectivity index (χ3n) is 5.10. The monoisotopic (exact) mass is 421 g/mol. The molecule has 1 atom stereocenters. The second-order valence-electron chi connectivity index (χ2n) is 7.37. The van der Waals surface area contributed by atoms with E-state index in [1.807, 2.05) is 30.3 Å². The number of cyclic esters (lactones) is 1. The van der Waals surface area contributed by atoms with Gasteiger partial charge in [0.2, 0.25) is 5.90 Å². The highest BCUT2D eigenvalue weighted by Crippen LogP contribution is 2.32. The second-order valence-corrected chi connectivity index (χ2v) is 7.37. The van der Waals surface area contributed by atoms with Crippen molar-refractivity contribution < 1.29 is 23.8 Å². The van der Waals surface area contributed by atoms with Crippen molar-refractivity contribution in [1.29, 1.82) is 0 Å². The summed E-state index contributed by atoms with van der Waals surface area (Å²) in [5, 5.41) is 0. The first kappa shape index (κ1) is 22.3. The van der Waals surface area contributed by atoms with Crippen molar-refractivity contribution >= 4 is 17.8 Å². The summed E-state index contributed by atoms with van der Waals surface area (Å²) in [4.78, 5) is 29.5. The van der Waals surface area contributed by atoms with Gasteiger partial charge in [0.05, 0.1) is 7.11 Å². The number of aliphatic imine (C=N–C) groups is 1. The molecule has 162 valence electrons. The normalized spacial score (nSPS) is 18.0. The first-order chi connectivity index (χ1) is 15.1.